The van der Waals surface area contributed by atoms with Gasteiger partial charge in [-0.1, -0.05) is 0 Å². The third kappa shape index (κ3) is 4.84. The van der Waals surface area contributed by atoms with Crippen molar-refractivity contribution in [2.75, 3.05) is 38.3 Å². The fourth-order valence-corrected chi connectivity index (χ4v) is 2.35. The zero-order chi connectivity index (χ0) is 13.3. The summed E-state index contributed by atoms with van der Waals surface area (Å²) >= 11 is 0. The van der Waals surface area contributed by atoms with Crippen LogP contribution in [0.1, 0.15) is 26.2 Å². The summed E-state index contributed by atoms with van der Waals surface area (Å²) in [5.74, 6) is 1.69. The fourth-order valence-electron chi connectivity index (χ4n) is 2.35. The molecule has 19 heavy (non-hydrogen) atoms. The molecule has 0 amide bonds. The highest BCUT2D eigenvalue weighted by molar-refractivity contribution is 5.25. The lowest BCUT2D eigenvalue weighted by atomic mass is 10.0. The first-order valence-corrected chi connectivity index (χ1v) is 7.30. The maximum atomic E-state index is 5.40. The van der Waals surface area contributed by atoms with Gasteiger partial charge in [-0.2, -0.15) is 0 Å². The third-order valence-electron chi connectivity index (χ3n) is 3.46. The number of ether oxygens (including phenoxy) is 2. The Labute approximate surface area is 115 Å². The van der Waals surface area contributed by atoms with Crippen molar-refractivity contribution in [1.82, 2.24) is 9.55 Å². The third-order valence-corrected chi connectivity index (χ3v) is 3.46. The molecule has 1 aliphatic heterocycles. The molecule has 0 spiro atoms. The molecule has 0 atom stereocenters. The Balaban J connectivity index is 1.73. The summed E-state index contributed by atoms with van der Waals surface area (Å²) in [6.45, 7) is 7.37. The van der Waals surface area contributed by atoms with Crippen LogP contribution >= 0.6 is 0 Å². The van der Waals surface area contributed by atoms with Gasteiger partial charge in [0.05, 0.1) is 0 Å². The molecule has 1 N–H and O–H groups in total. The van der Waals surface area contributed by atoms with E-state index in [-0.39, 0.29) is 0 Å². The molecule has 1 aromatic heterocycles. The van der Waals surface area contributed by atoms with Crippen molar-refractivity contribution in [2.24, 2.45) is 5.92 Å². The SMILES string of the molecule is CCOCCCNc1nccn1CC1CCOCC1. The minimum absolute atomic E-state index is 0.715. The van der Waals surface area contributed by atoms with Gasteiger partial charge < -0.3 is 19.4 Å². The number of imidazole rings is 1. The Kier molecular flexibility index (Phi) is 6.17. The van der Waals surface area contributed by atoms with Crippen LogP contribution in [0.25, 0.3) is 0 Å². The number of hydrogen-bond donors (Lipinski definition) is 1. The second-order valence-electron chi connectivity index (χ2n) is 4.94. The van der Waals surface area contributed by atoms with Gasteiger partial charge in [-0.05, 0) is 32.1 Å². The average molecular weight is 267 g/mol. The number of aromatic nitrogens is 2. The Morgan fingerprint density at radius 2 is 2.32 bits per heavy atom. The van der Waals surface area contributed by atoms with Crippen molar-refractivity contribution in [3.8, 4) is 0 Å². The molecule has 108 valence electrons. The van der Waals surface area contributed by atoms with Crippen LogP contribution < -0.4 is 5.32 Å². The van der Waals surface area contributed by atoms with Gasteiger partial charge in [0.25, 0.3) is 0 Å². The molecule has 0 radical (unpaired) electrons. The second-order valence-corrected chi connectivity index (χ2v) is 4.94. The zero-order valence-electron chi connectivity index (χ0n) is 11.8. The van der Waals surface area contributed by atoms with Crippen LogP contribution in [0, 0.1) is 5.92 Å². The van der Waals surface area contributed by atoms with E-state index in [0.29, 0.717) is 5.92 Å². The molecule has 0 unspecified atom stereocenters. The van der Waals surface area contributed by atoms with Crippen LogP contribution in [0.5, 0.6) is 0 Å². The van der Waals surface area contributed by atoms with Gasteiger partial charge in [-0.25, -0.2) is 4.98 Å². The minimum Gasteiger partial charge on any atom is -0.382 e. The summed E-state index contributed by atoms with van der Waals surface area (Å²) in [5.41, 5.74) is 0. The maximum Gasteiger partial charge on any atom is 0.202 e. The highest BCUT2D eigenvalue weighted by atomic mass is 16.5. The van der Waals surface area contributed by atoms with E-state index in [4.69, 9.17) is 9.47 Å². The molecule has 0 saturated carbocycles. The van der Waals surface area contributed by atoms with Crippen molar-refractivity contribution in [1.29, 1.82) is 0 Å². The van der Waals surface area contributed by atoms with E-state index in [1.807, 2.05) is 13.1 Å². The van der Waals surface area contributed by atoms with Crippen LogP contribution in [0.3, 0.4) is 0 Å². The molecule has 5 nitrogen and oxygen atoms in total. The highest BCUT2D eigenvalue weighted by Gasteiger charge is 2.15. The molecule has 1 saturated heterocycles. The summed E-state index contributed by atoms with van der Waals surface area (Å²) < 4.78 is 12.9. The Hall–Kier alpha value is -1.07. The lowest BCUT2D eigenvalue weighted by Gasteiger charge is -2.23. The van der Waals surface area contributed by atoms with Crippen molar-refractivity contribution in [2.45, 2.75) is 32.7 Å². The average Bonchev–Trinajstić information content (AvgIpc) is 2.87. The van der Waals surface area contributed by atoms with E-state index in [9.17, 15) is 0 Å². The monoisotopic (exact) mass is 267 g/mol. The van der Waals surface area contributed by atoms with Gasteiger partial charge in [0, 0.05) is 51.9 Å². The van der Waals surface area contributed by atoms with E-state index < -0.39 is 0 Å². The van der Waals surface area contributed by atoms with E-state index in [2.05, 4.69) is 21.1 Å². The van der Waals surface area contributed by atoms with Crippen molar-refractivity contribution >= 4 is 5.95 Å². The maximum absolute atomic E-state index is 5.40. The highest BCUT2D eigenvalue weighted by Crippen LogP contribution is 2.18. The van der Waals surface area contributed by atoms with Gasteiger partial charge in [0.1, 0.15) is 0 Å². The number of anilines is 1. The van der Waals surface area contributed by atoms with E-state index >= 15 is 0 Å². The Morgan fingerprint density at radius 1 is 1.47 bits per heavy atom. The molecule has 1 fully saturated rings. The normalized spacial score (nSPS) is 16.7. The minimum atomic E-state index is 0.715. The van der Waals surface area contributed by atoms with Crippen LogP contribution in [0.15, 0.2) is 12.4 Å². The number of nitrogens with one attached hydrogen (secondary N) is 1. The largest absolute Gasteiger partial charge is 0.382 e. The van der Waals surface area contributed by atoms with Gasteiger partial charge in [0.15, 0.2) is 0 Å². The lowest BCUT2D eigenvalue weighted by Crippen LogP contribution is -2.21. The summed E-state index contributed by atoms with van der Waals surface area (Å²) in [6, 6.07) is 0. The first-order valence-electron chi connectivity index (χ1n) is 7.30. The summed E-state index contributed by atoms with van der Waals surface area (Å²) in [7, 11) is 0. The molecular formula is C14H25N3O2. The van der Waals surface area contributed by atoms with Gasteiger partial charge in [-0.15, -0.1) is 0 Å². The predicted molar refractivity (Wildman–Crippen MR) is 75.4 cm³/mol. The predicted octanol–water partition coefficient (Wildman–Crippen LogP) is 2.15. The van der Waals surface area contributed by atoms with Crippen molar-refractivity contribution in [3.05, 3.63) is 12.4 Å². The van der Waals surface area contributed by atoms with Gasteiger partial charge in [0.2, 0.25) is 5.95 Å². The Morgan fingerprint density at radius 3 is 3.11 bits per heavy atom. The number of nitrogens with zero attached hydrogens (tertiary/aromatic N) is 2. The van der Waals surface area contributed by atoms with Gasteiger partial charge >= 0.3 is 0 Å². The van der Waals surface area contributed by atoms with Crippen LogP contribution in [0.4, 0.5) is 5.95 Å². The van der Waals surface area contributed by atoms with Crippen LogP contribution in [-0.2, 0) is 16.0 Å². The van der Waals surface area contributed by atoms with E-state index in [1.54, 1.807) is 0 Å². The molecule has 0 aliphatic carbocycles. The quantitative estimate of drug-likeness (QED) is 0.733. The smallest absolute Gasteiger partial charge is 0.202 e. The molecule has 2 heterocycles. The molecule has 0 aromatic carbocycles. The molecule has 5 heteroatoms. The molecular weight excluding hydrogens is 242 g/mol. The first-order chi connectivity index (χ1) is 9.40. The molecule has 1 aliphatic rings. The topological polar surface area (TPSA) is 48.3 Å². The first kappa shape index (κ1) is 14.3. The van der Waals surface area contributed by atoms with Crippen molar-refractivity contribution < 1.29 is 9.47 Å². The zero-order valence-corrected chi connectivity index (χ0v) is 11.8. The molecule has 0 bridgehead atoms. The Bertz CT molecular complexity index is 348. The fraction of sp³-hybridized carbons (Fsp3) is 0.786. The van der Waals surface area contributed by atoms with Crippen LogP contribution in [-0.4, -0.2) is 42.5 Å². The second kappa shape index (κ2) is 8.17. The summed E-state index contributed by atoms with van der Waals surface area (Å²) in [6.07, 6.45) is 7.24. The van der Waals surface area contributed by atoms with E-state index in [0.717, 1.165) is 64.7 Å². The molecule has 2 rings (SSSR count). The van der Waals surface area contributed by atoms with Crippen molar-refractivity contribution in [3.63, 3.8) is 0 Å². The number of rotatable bonds is 8. The van der Waals surface area contributed by atoms with Crippen LogP contribution in [0.2, 0.25) is 0 Å². The standard InChI is InChI=1S/C14H25N3O2/c1-2-18-9-3-6-15-14-16-7-8-17(14)12-13-4-10-19-11-5-13/h7-8,13H,2-6,9-12H2,1H3,(H,15,16). The summed E-state index contributed by atoms with van der Waals surface area (Å²) in [5, 5.41) is 3.38. The van der Waals surface area contributed by atoms with Gasteiger partial charge in [-0.3, -0.25) is 0 Å². The lowest BCUT2D eigenvalue weighted by molar-refractivity contribution is 0.0614. The summed E-state index contributed by atoms with van der Waals surface area (Å²) in [4.78, 5) is 4.38. The number of hydrogen-bond acceptors (Lipinski definition) is 4. The molecule has 1 aromatic rings. The van der Waals surface area contributed by atoms with E-state index in [1.165, 1.54) is 0 Å².